The number of imide groups is 1. The maximum atomic E-state index is 13.7. The van der Waals surface area contributed by atoms with Gasteiger partial charge in [0.15, 0.2) is 0 Å². The molecule has 70 heavy (non-hydrogen) atoms. The van der Waals surface area contributed by atoms with E-state index in [4.69, 9.17) is 16.3 Å². The maximum Gasteiger partial charge on any atom is 0.255 e. The summed E-state index contributed by atoms with van der Waals surface area (Å²) < 4.78 is 19.3. The largest absolute Gasteiger partial charge is 0.494 e. The van der Waals surface area contributed by atoms with Crippen LogP contribution in [0.3, 0.4) is 0 Å². The van der Waals surface area contributed by atoms with Crippen LogP contribution in [0.5, 0.6) is 5.75 Å². The van der Waals surface area contributed by atoms with E-state index in [0.717, 1.165) is 100 Å². The first-order chi connectivity index (χ1) is 34.0. The number of aromatic nitrogens is 2. The topological polar surface area (TPSA) is 169 Å². The van der Waals surface area contributed by atoms with Gasteiger partial charge in [0.2, 0.25) is 23.6 Å². The van der Waals surface area contributed by atoms with Crippen LogP contribution >= 0.6 is 23.4 Å². The molecule has 3 fully saturated rings. The number of halogens is 2. The number of nitrogens with zero attached hydrogens (tertiary/aromatic N) is 6. The van der Waals surface area contributed by atoms with Gasteiger partial charge in [0.05, 0.1) is 23.3 Å². The lowest BCUT2D eigenvalue weighted by molar-refractivity contribution is -0.137. The molecule has 0 radical (unpaired) electrons. The smallest absolute Gasteiger partial charge is 0.255 e. The van der Waals surface area contributed by atoms with Gasteiger partial charge in [-0.05, 0) is 92.9 Å². The molecule has 1 unspecified atom stereocenters. The molecule has 1 atom stereocenters. The molecule has 3 saturated heterocycles. The number of anilines is 3. The van der Waals surface area contributed by atoms with Crippen molar-refractivity contribution in [2.24, 2.45) is 0 Å². The Hall–Kier alpha value is -5.62. The normalized spacial score (nSPS) is 18.2. The van der Waals surface area contributed by atoms with E-state index in [1.807, 2.05) is 18.2 Å². The molecule has 15 nitrogen and oxygen atoms in total. The second-order valence-electron chi connectivity index (χ2n) is 18.5. The first kappa shape index (κ1) is 50.8. The molecule has 0 saturated carbocycles. The minimum Gasteiger partial charge on any atom is -0.494 e. The summed E-state index contributed by atoms with van der Waals surface area (Å²) in [6.45, 7) is 6.36. The first-order valence-electron chi connectivity index (χ1n) is 24.7. The van der Waals surface area contributed by atoms with Crippen LogP contribution in [0.25, 0.3) is 10.9 Å². The van der Waals surface area contributed by atoms with Crippen molar-refractivity contribution in [2.45, 2.75) is 107 Å². The Morgan fingerprint density at radius 3 is 2.41 bits per heavy atom. The molecule has 1 aromatic heterocycles. The summed E-state index contributed by atoms with van der Waals surface area (Å²) in [5.74, 6) is 0.577. The molecular formula is C52H63ClFN9O6S. The van der Waals surface area contributed by atoms with Gasteiger partial charge in [0.25, 0.3) is 5.91 Å². The number of hydrogen-bond acceptors (Lipinski definition) is 12. The Bertz CT molecular complexity index is 2570. The van der Waals surface area contributed by atoms with Crippen LogP contribution in [0.15, 0.2) is 71.9 Å². The number of amides is 5. The van der Waals surface area contributed by atoms with Crippen molar-refractivity contribution < 1.29 is 33.1 Å². The number of ether oxygens (including phenoxy) is 1. The van der Waals surface area contributed by atoms with E-state index in [1.165, 1.54) is 44.8 Å². The molecule has 0 bridgehead atoms. The van der Waals surface area contributed by atoms with E-state index in [0.29, 0.717) is 71.4 Å². The number of carbonyl (C=O) groups is 5. The zero-order valence-corrected chi connectivity index (χ0v) is 41.4. The number of piperidine rings is 2. The molecule has 4 aromatic rings. The van der Waals surface area contributed by atoms with Crippen molar-refractivity contribution >= 4 is 81.0 Å². The minimum absolute atomic E-state index is 0.0144. The molecular weight excluding hydrogens is 933 g/mol. The van der Waals surface area contributed by atoms with Crippen LogP contribution in [0, 0.1) is 5.82 Å². The van der Waals surface area contributed by atoms with E-state index in [1.54, 1.807) is 40.9 Å². The summed E-state index contributed by atoms with van der Waals surface area (Å²) in [5, 5.41) is 9.08. The Kier molecular flexibility index (Phi) is 17.7. The lowest BCUT2D eigenvalue weighted by atomic mass is 10.0. The van der Waals surface area contributed by atoms with E-state index in [9.17, 15) is 28.4 Å². The molecule has 4 aliphatic heterocycles. The third-order valence-electron chi connectivity index (χ3n) is 13.9. The average molecular weight is 997 g/mol. The van der Waals surface area contributed by atoms with Gasteiger partial charge in [0, 0.05) is 91.8 Å². The van der Waals surface area contributed by atoms with E-state index in [2.05, 4.69) is 46.7 Å². The van der Waals surface area contributed by atoms with Gasteiger partial charge in [-0.25, -0.2) is 14.4 Å². The molecule has 372 valence electrons. The fraction of sp³-hybridized carbons (Fsp3) is 0.481. The lowest BCUT2D eigenvalue weighted by Crippen LogP contribution is -2.54. The molecule has 8 rings (SSSR count). The molecule has 0 spiro atoms. The maximum absolute atomic E-state index is 13.7. The molecule has 3 N–H and O–H groups in total. The van der Waals surface area contributed by atoms with Crippen molar-refractivity contribution in [3.63, 3.8) is 0 Å². The van der Waals surface area contributed by atoms with Crippen LogP contribution in [-0.4, -0.2) is 130 Å². The summed E-state index contributed by atoms with van der Waals surface area (Å²) in [7, 11) is 1.53. The van der Waals surface area contributed by atoms with Gasteiger partial charge in [-0.15, -0.1) is 11.8 Å². The quantitative estimate of drug-likeness (QED) is 0.0316. The van der Waals surface area contributed by atoms with Crippen molar-refractivity contribution in [1.82, 2.24) is 34.9 Å². The molecule has 5 amide bonds. The Morgan fingerprint density at radius 1 is 0.914 bits per heavy atom. The fourth-order valence-corrected chi connectivity index (χ4v) is 11.2. The zero-order chi connectivity index (χ0) is 49.0. The number of carbonyl (C=O) groups excluding carboxylic acids is 5. The van der Waals surface area contributed by atoms with Crippen molar-refractivity contribution in [2.75, 3.05) is 69.3 Å². The summed E-state index contributed by atoms with van der Waals surface area (Å²) in [6.07, 6.45) is 17.2. The van der Waals surface area contributed by atoms with Gasteiger partial charge < -0.3 is 25.2 Å². The number of unbranched alkanes of at least 4 members (excludes halogenated alkanes) is 7. The Balaban J connectivity index is 0.656. The number of fused-ring (bicyclic) bond motifs is 2. The Morgan fingerprint density at radius 2 is 1.67 bits per heavy atom. The minimum atomic E-state index is -0.595. The van der Waals surface area contributed by atoms with Crippen LogP contribution in [0.1, 0.15) is 99.4 Å². The number of likely N-dealkylation sites (tertiary alicyclic amines) is 1. The third-order valence-corrected chi connectivity index (χ3v) is 15.3. The van der Waals surface area contributed by atoms with E-state index in [-0.39, 0.29) is 41.0 Å². The number of benzene rings is 3. The van der Waals surface area contributed by atoms with Gasteiger partial charge in [-0.3, -0.25) is 39.1 Å². The van der Waals surface area contributed by atoms with Crippen molar-refractivity contribution in [3.8, 4) is 5.75 Å². The number of hydrogen-bond donors (Lipinski definition) is 3. The third kappa shape index (κ3) is 13.0. The summed E-state index contributed by atoms with van der Waals surface area (Å²) in [4.78, 5) is 81.7. The highest BCUT2D eigenvalue weighted by Gasteiger charge is 2.40. The molecule has 4 aliphatic rings. The molecule has 0 aliphatic carbocycles. The summed E-state index contributed by atoms with van der Waals surface area (Å²) >= 11 is 7.76. The van der Waals surface area contributed by atoms with Crippen LogP contribution in [-0.2, 0) is 25.7 Å². The first-order valence-corrected chi connectivity index (χ1v) is 26.1. The molecule has 18 heteroatoms. The number of nitrogens with one attached hydrogen (secondary N) is 3. The average Bonchev–Trinajstić information content (AvgIpc) is 3.70. The van der Waals surface area contributed by atoms with Crippen LogP contribution < -0.4 is 20.7 Å². The standard InChI is InChI=1S/C52H63ClFN9O6S/c1-69-45-32-42-38(50(56-34-55-42)57-35-16-17-41(54)40(53)30-35)31-43(45)58-47(64)14-11-22-60-23-20-36(21-24-60)61-25-27-62(28-26-61)49(66)15-8-6-4-2-3-5-7-9-29-70-46-13-10-12-37-39(46)33-63(52(37)68)44-18-19-48(65)59-51(44)67/h10-14,16-17,30-32,34,36,44H,2-9,15,18-29,33H2,1H3,(H,58,64)(H,55,56,57)(H,59,65,67)/b14-11+. The van der Waals surface area contributed by atoms with E-state index < -0.39 is 11.9 Å². The van der Waals surface area contributed by atoms with Gasteiger partial charge >= 0.3 is 0 Å². The van der Waals surface area contributed by atoms with Gasteiger partial charge in [0.1, 0.15) is 29.8 Å². The predicted octanol–water partition coefficient (Wildman–Crippen LogP) is 8.34. The molecule has 5 heterocycles. The number of rotatable bonds is 21. The number of piperazine rings is 1. The number of methoxy groups -OCH3 is 1. The number of thioether (sulfide) groups is 1. The predicted molar refractivity (Wildman–Crippen MR) is 271 cm³/mol. The van der Waals surface area contributed by atoms with Gasteiger partial charge in [-0.2, -0.15) is 0 Å². The lowest BCUT2D eigenvalue weighted by Gasteiger charge is -2.42. The summed E-state index contributed by atoms with van der Waals surface area (Å²) in [5.41, 5.74) is 3.27. The van der Waals surface area contributed by atoms with Crippen LogP contribution in [0.2, 0.25) is 5.02 Å². The second-order valence-corrected chi connectivity index (χ2v) is 20.0. The van der Waals surface area contributed by atoms with Crippen molar-refractivity contribution in [3.05, 3.63) is 89.0 Å². The second kappa shape index (κ2) is 24.5. The SMILES string of the molecule is COc1cc2ncnc(Nc3ccc(F)c(Cl)c3)c2cc1NC(=O)/C=C/CN1CCC(N2CCN(C(=O)CCCCCCCCCCSc3cccc4c3CN(C3CCC(=O)NC3=O)C4=O)CC2)CC1. The molecule has 3 aromatic carbocycles. The highest BCUT2D eigenvalue weighted by Crippen LogP contribution is 2.36. The highest BCUT2D eigenvalue weighted by molar-refractivity contribution is 7.99. The monoisotopic (exact) mass is 995 g/mol. The van der Waals surface area contributed by atoms with Crippen molar-refractivity contribution in [1.29, 1.82) is 0 Å². The van der Waals surface area contributed by atoms with E-state index >= 15 is 0 Å². The summed E-state index contributed by atoms with van der Waals surface area (Å²) in [6, 6.07) is 13.5. The highest BCUT2D eigenvalue weighted by atomic mass is 35.5. The Labute approximate surface area is 418 Å². The zero-order valence-electron chi connectivity index (χ0n) is 39.9. The van der Waals surface area contributed by atoms with Gasteiger partial charge in [-0.1, -0.05) is 62.3 Å². The fourth-order valence-electron chi connectivity index (χ4n) is 9.92. The van der Waals surface area contributed by atoms with Crippen LogP contribution in [0.4, 0.5) is 21.6 Å².